The number of amides is 1. The Morgan fingerprint density at radius 1 is 0.812 bits per heavy atom. The first kappa shape index (κ1) is 20.0. The number of carbonyl (C=O) groups excluding carboxylic acids is 2. The highest BCUT2D eigenvalue weighted by atomic mass is 35.5. The first-order chi connectivity index (χ1) is 15.5. The number of carbonyl (C=O) groups is 2. The molecule has 4 aromatic carbocycles. The molecule has 5 rings (SSSR count). The highest BCUT2D eigenvalue weighted by Gasteiger charge is 2.18. The van der Waals surface area contributed by atoms with Crippen molar-refractivity contribution in [2.24, 2.45) is 5.73 Å². The van der Waals surface area contributed by atoms with Gasteiger partial charge in [0.05, 0.1) is 16.1 Å². The number of benzene rings is 4. The summed E-state index contributed by atoms with van der Waals surface area (Å²) in [5, 5.41) is 2.25. The van der Waals surface area contributed by atoms with Crippen LogP contribution < -0.4 is 5.73 Å². The predicted molar refractivity (Wildman–Crippen MR) is 128 cm³/mol. The highest BCUT2D eigenvalue weighted by molar-refractivity contribution is 6.37. The zero-order chi connectivity index (χ0) is 22.2. The summed E-state index contributed by atoms with van der Waals surface area (Å²) in [6.07, 6.45) is 0. The Kier molecular flexibility index (Phi) is 5.00. The second-order valence-corrected chi connectivity index (χ2v) is 8.09. The number of fused-ring (bicyclic) bond motifs is 3. The van der Waals surface area contributed by atoms with Crippen LogP contribution in [0.1, 0.15) is 31.8 Å². The van der Waals surface area contributed by atoms with Crippen molar-refractivity contribution in [2.75, 3.05) is 0 Å². The minimum Gasteiger partial charge on any atom is -0.366 e. The van der Waals surface area contributed by atoms with Crippen LogP contribution in [-0.4, -0.2) is 16.3 Å². The van der Waals surface area contributed by atoms with Crippen LogP contribution in [0.3, 0.4) is 0 Å². The maximum absolute atomic E-state index is 12.9. The van der Waals surface area contributed by atoms with E-state index in [9.17, 15) is 9.59 Å². The summed E-state index contributed by atoms with van der Waals surface area (Å²) in [4.78, 5) is 25.0. The molecular weight excluding hydrogens is 420 g/mol. The molecule has 1 aromatic heterocycles. The van der Waals surface area contributed by atoms with E-state index in [1.807, 2.05) is 84.9 Å². The van der Waals surface area contributed by atoms with Gasteiger partial charge in [0.25, 0.3) is 0 Å². The van der Waals surface area contributed by atoms with Crippen LogP contribution in [-0.2, 0) is 6.54 Å². The number of hydrogen-bond donors (Lipinski definition) is 1. The van der Waals surface area contributed by atoms with Crippen molar-refractivity contribution in [3.63, 3.8) is 0 Å². The minimum atomic E-state index is -0.481. The molecule has 0 spiro atoms. The van der Waals surface area contributed by atoms with Gasteiger partial charge in [0.2, 0.25) is 5.91 Å². The Bertz CT molecular complexity index is 1500. The number of aromatic nitrogens is 1. The van der Waals surface area contributed by atoms with Gasteiger partial charge in [-0.25, -0.2) is 0 Å². The fourth-order valence-electron chi connectivity index (χ4n) is 4.28. The van der Waals surface area contributed by atoms with E-state index in [0.29, 0.717) is 28.3 Å². The third kappa shape index (κ3) is 3.35. The molecule has 0 bridgehead atoms. The van der Waals surface area contributed by atoms with Crippen molar-refractivity contribution in [2.45, 2.75) is 6.54 Å². The summed E-state index contributed by atoms with van der Waals surface area (Å²) in [5.74, 6) is -0.506. The summed E-state index contributed by atoms with van der Waals surface area (Å²) in [6.45, 7) is 0.488. The fraction of sp³-hybridized carbons (Fsp3) is 0.0370. The molecule has 32 heavy (non-hydrogen) atoms. The summed E-state index contributed by atoms with van der Waals surface area (Å²) in [7, 11) is 0. The number of nitrogens with two attached hydrogens (primary N) is 1. The van der Waals surface area contributed by atoms with Crippen LogP contribution in [0, 0.1) is 0 Å². The van der Waals surface area contributed by atoms with Crippen molar-refractivity contribution >= 4 is 45.1 Å². The number of ketones is 1. The van der Waals surface area contributed by atoms with Crippen molar-refractivity contribution in [3.05, 3.63) is 118 Å². The van der Waals surface area contributed by atoms with Gasteiger partial charge in [-0.1, -0.05) is 78.3 Å². The van der Waals surface area contributed by atoms with Crippen LogP contribution in [0.4, 0.5) is 0 Å². The maximum atomic E-state index is 12.9. The SMILES string of the molecule is NC(=O)c1cccc2c1c1cccc(Cl)c1n2Cc1cccc(C(=O)c2ccccc2)c1. The van der Waals surface area contributed by atoms with Gasteiger partial charge in [-0.2, -0.15) is 0 Å². The quantitative estimate of drug-likeness (QED) is 0.351. The second kappa shape index (κ2) is 7.98. The third-order valence-corrected chi connectivity index (χ3v) is 6.00. The lowest BCUT2D eigenvalue weighted by Gasteiger charge is -2.10. The zero-order valence-corrected chi connectivity index (χ0v) is 17.8. The van der Waals surface area contributed by atoms with E-state index in [0.717, 1.165) is 27.4 Å². The number of nitrogens with zero attached hydrogens (tertiary/aromatic N) is 1. The van der Waals surface area contributed by atoms with E-state index in [-0.39, 0.29) is 5.78 Å². The normalized spacial score (nSPS) is 11.2. The standard InChI is InChI=1S/C27H19ClN2O2/c28-22-13-5-11-20-24-21(27(29)32)12-6-14-23(24)30(25(20)22)16-17-7-4-10-19(15-17)26(31)18-8-2-1-3-9-18/h1-15H,16H2,(H2,29,32). The Morgan fingerprint density at radius 2 is 1.53 bits per heavy atom. The van der Waals surface area contributed by atoms with E-state index in [1.54, 1.807) is 6.07 Å². The monoisotopic (exact) mass is 438 g/mol. The molecule has 2 N–H and O–H groups in total. The molecule has 0 aliphatic rings. The number of para-hydroxylation sites is 1. The van der Waals surface area contributed by atoms with Crippen LogP contribution in [0.5, 0.6) is 0 Å². The molecule has 0 unspecified atom stereocenters. The molecule has 4 nitrogen and oxygen atoms in total. The molecule has 0 fully saturated rings. The minimum absolute atomic E-state index is 0.0243. The maximum Gasteiger partial charge on any atom is 0.249 e. The second-order valence-electron chi connectivity index (χ2n) is 7.68. The van der Waals surface area contributed by atoms with Crippen LogP contribution in [0.15, 0.2) is 91.0 Å². The molecule has 0 aliphatic heterocycles. The predicted octanol–water partition coefficient (Wildman–Crippen LogP) is 5.83. The topological polar surface area (TPSA) is 65.1 Å². The lowest BCUT2D eigenvalue weighted by Crippen LogP contribution is -2.11. The molecule has 0 atom stereocenters. The molecule has 0 radical (unpaired) electrons. The number of primary amides is 1. The first-order valence-electron chi connectivity index (χ1n) is 10.2. The van der Waals surface area contributed by atoms with Crippen LogP contribution >= 0.6 is 11.6 Å². The van der Waals surface area contributed by atoms with Gasteiger partial charge in [-0.3, -0.25) is 9.59 Å². The highest BCUT2D eigenvalue weighted by Crippen LogP contribution is 2.36. The Labute approximate surface area is 189 Å². The Morgan fingerprint density at radius 3 is 2.31 bits per heavy atom. The average molecular weight is 439 g/mol. The molecule has 0 saturated carbocycles. The fourth-order valence-corrected chi connectivity index (χ4v) is 4.56. The summed E-state index contributed by atoms with van der Waals surface area (Å²) < 4.78 is 2.07. The number of rotatable bonds is 5. The van der Waals surface area contributed by atoms with Crippen molar-refractivity contribution < 1.29 is 9.59 Å². The van der Waals surface area contributed by atoms with Gasteiger partial charge in [-0.15, -0.1) is 0 Å². The zero-order valence-electron chi connectivity index (χ0n) is 17.1. The Balaban J connectivity index is 1.66. The summed E-state index contributed by atoms with van der Waals surface area (Å²) >= 11 is 6.60. The molecule has 156 valence electrons. The molecule has 0 saturated heterocycles. The lowest BCUT2D eigenvalue weighted by molar-refractivity contribution is 0.1000. The largest absolute Gasteiger partial charge is 0.366 e. The molecule has 5 heteroatoms. The van der Waals surface area contributed by atoms with E-state index in [4.69, 9.17) is 17.3 Å². The third-order valence-electron chi connectivity index (χ3n) is 5.69. The molecule has 5 aromatic rings. The van der Waals surface area contributed by atoms with Gasteiger partial charge in [0.15, 0.2) is 5.78 Å². The van der Waals surface area contributed by atoms with Crippen LogP contribution in [0.25, 0.3) is 21.8 Å². The van der Waals surface area contributed by atoms with E-state index < -0.39 is 5.91 Å². The van der Waals surface area contributed by atoms with Gasteiger partial charge < -0.3 is 10.3 Å². The lowest BCUT2D eigenvalue weighted by atomic mass is 10.0. The number of hydrogen-bond acceptors (Lipinski definition) is 2. The van der Waals surface area contributed by atoms with Crippen molar-refractivity contribution in [3.8, 4) is 0 Å². The van der Waals surface area contributed by atoms with Gasteiger partial charge in [-0.05, 0) is 29.8 Å². The first-order valence-corrected chi connectivity index (χ1v) is 10.6. The Hall–Kier alpha value is -3.89. The van der Waals surface area contributed by atoms with Crippen LogP contribution in [0.2, 0.25) is 5.02 Å². The van der Waals surface area contributed by atoms with E-state index >= 15 is 0 Å². The van der Waals surface area contributed by atoms with Gasteiger partial charge in [0, 0.05) is 34.0 Å². The van der Waals surface area contributed by atoms with E-state index in [2.05, 4.69) is 4.57 Å². The molecular formula is C27H19ClN2O2. The van der Waals surface area contributed by atoms with Gasteiger partial charge >= 0.3 is 0 Å². The molecule has 1 amide bonds. The number of halogens is 1. The van der Waals surface area contributed by atoms with Crippen molar-refractivity contribution in [1.82, 2.24) is 4.57 Å². The molecule has 0 aliphatic carbocycles. The van der Waals surface area contributed by atoms with Gasteiger partial charge in [0.1, 0.15) is 0 Å². The molecule has 1 heterocycles. The summed E-state index contributed by atoms with van der Waals surface area (Å²) in [6, 6.07) is 28.0. The van der Waals surface area contributed by atoms with Crippen molar-refractivity contribution in [1.29, 1.82) is 0 Å². The van der Waals surface area contributed by atoms with E-state index in [1.165, 1.54) is 0 Å². The average Bonchev–Trinajstić information content (AvgIpc) is 3.14. The smallest absolute Gasteiger partial charge is 0.249 e. The summed E-state index contributed by atoms with van der Waals surface area (Å²) in [5.41, 5.74) is 10.0.